The molecular weight excluding hydrogens is 451 g/mol. The molecule has 35 heavy (non-hydrogen) atoms. The van der Waals surface area contributed by atoms with Crippen LogP contribution in [0.2, 0.25) is 0 Å². The van der Waals surface area contributed by atoms with E-state index in [-0.39, 0.29) is 0 Å². The summed E-state index contributed by atoms with van der Waals surface area (Å²) in [6.45, 7) is 5.07. The third-order valence-corrected chi connectivity index (χ3v) is 6.08. The van der Waals surface area contributed by atoms with Gasteiger partial charge in [0.15, 0.2) is 0 Å². The molecule has 0 saturated carbocycles. The molecule has 2 aliphatic heterocycles. The molecule has 3 aromatic rings. The molecule has 0 radical (unpaired) electrons. The first-order valence-electron chi connectivity index (χ1n) is 11.5. The summed E-state index contributed by atoms with van der Waals surface area (Å²) in [4.78, 5) is 26.0. The molecule has 0 bridgehead atoms. The van der Waals surface area contributed by atoms with Gasteiger partial charge in [0.2, 0.25) is 5.95 Å². The Morgan fingerprint density at radius 1 is 1.14 bits per heavy atom. The van der Waals surface area contributed by atoms with Crippen molar-refractivity contribution in [2.75, 3.05) is 49.6 Å². The molecule has 2 aliphatic rings. The van der Waals surface area contributed by atoms with Gasteiger partial charge in [-0.2, -0.15) is 10.2 Å². The van der Waals surface area contributed by atoms with E-state index in [1.54, 1.807) is 30.7 Å². The lowest BCUT2D eigenvalue weighted by Gasteiger charge is -2.26. The van der Waals surface area contributed by atoms with Gasteiger partial charge in [-0.25, -0.2) is 15.0 Å². The van der Waals surface area contributed by atoms with Gasteiger partial charge in [-0.1, -0.05) is 0 Å². The van der Waals surface area contributed by atoms with E-state index in [0.717, 1.165) is 44.2 Å². The van der Waals surface area contributed by atoms with E-state index in [2.05, 4.69) is 41.2 Å². The van der Waals surface area contributed by atoms with E-state index in [0.29, 0.717) is 48.1 Å². The SMILES string of the molecule is N#Cc1cc(-c2ccnc(Nc3ccc(CN4CCOCC4)nc3)n2)cnc1N1CCC(OF)C1. The summed E-state index contributed by atoms with van der Waals surface area (Å²) in [5, 5.41) is 12.8. The second kappa shape index (κ2) is 10.7. The molecule has 3 aromatic heterocycles. The normalized spacial score (nSPS) is 18.4. The highest BCUT2D eigenvalue weighted by atomic mass is 19.3. The fourth-order valence-corrected chi connectivity index (χ4v) is 4.21. The van der Waals surface area contributed by atoms with Crippen LogP contribution in [-0.4, -0.2) is 70.3 Å². The third kappa shape index (κ3) is 5.51. The molecule has 2 fully saturated rings. The molecule has 5 rings (SSSR count). The predicted octanol–water partition coefficient (Wildman–Crippen LogP) is 2.86. The summed E-state index contributed by atoms with van der Waals surface area (Å²) in [7, 11) is 0. The lowest BCUT2D eigenvalue weighted by molar-refractivity contribution is -0.170. The van der Waals surface area contributed by atoms with Gasteiger partial charge in [-0.15, -0.1) is 0 Å². The zero-order valence-electron chi connectivity index (χ0n) is 19.1. The van der Waals surface area contributed by atoms with Crippen molar-refractivity contribution in [1.82, 2.24) is 24.8 Å². The van der Waals surface area contributed by atoms with E-state index in [4.69, 9.17) is 4.74 Å². The Bertz CT molecular complexity index is 1200. The minimum atomic E-state index is -0.499. The molecule has 0 aromatic carbocycles. The van der Waals surface area contributed by atoms with E-state index in [9.17, 15) is 9.79 Å². The largest absolute Gasteiger partial charge is 0.379 e. The van der Waals surface area contributed by atoms with E-state index in [1.165, 1.54) is 0 Å². The summed E-state index contributed by atoms with van der Waals surface area (Å²) in [6, 6.07) is 9.62. The minimum Gasteiger partial charge on any atom is -0.379 e. The molecule has 180 valence electrons. The van der Waals surface area contributed by atoms with Crippen molar-refractivity contribution in [3.05, 3.63) is 54.1 Å². The van der Waals surface area contributed by atoms with Gasteiger partial charge < -0.3 is 15.0 Å². The molecule has 5 heterocycles. The Kier molecular flexibility index (Phi) is 7.04. The van der Waals surface area contributed by atoms with Gasteiger partial charge in [-0.3, -0.25) is 9.88 Å². The Morgan fingerprint density at radius 3 is 2.77 bits per heavy atom. The predicted molar refractivity (Wildman–Crippen MR) is 126 cm³/mol. The fourth-order valence-electron chi connectivity index (χ4n) is 4.21. The highest BCUT2D eigenvalue weighted by molar-refractivity contribution is 5.67. The van der Waals surface area contributed by atoms with Crippen LogP contribution in [0.1, 0.15) is 17.7 Å². The van der Waals surface area contributed by atoms with Crippen molar-refractivity contribution in [3.63, 3.8) is 0 Å². The average molecular weight is 477 g/mol. The molecule has 11 heteroatoms. The van der Waals surface area contributed by atoms with Gasteiger partial charge in [0, 0.05) is 50.7 Å². The van der Waals surface area contributed by atoms with E-state index < -0.39 is 6.10 Å². The smallest absolute Gasteiger partial charge is 0.227 e. The standard InChI is InChI=1S/C24H25FN8O2/c25-35-21-4-6-33(16-21)23-17(12-26)11-18(13-29-23)22-3-5-27-24(31-22)30-19-1-2-20(28-14-19)15-32-7-9-34-10-8-32/h1-3,5,11,13-14,21H,4,6-10,15-16H2,(H,27,30,31). The van der Waals surface area contributed by atoms with Crippen LogP contribution < -0.4 is 10.2 Å². The molecule has 1 unspecified atom stereocenters. The van der Waals surface area contributed by atoms with E-state index >= 15 is 0 Å². The highest BCUT2D eigenvalue weighted by Gasteiger charge is 2.27. The first kappa shape index (κ1) is 23.0. The van der Waals surface area contributed by atoms with Crippen molar-refractivity contribution in [2.24, 2.45) is 0 Å². The number of hydrogen-bond donors (Lipinski definition) is 1. The third-order valence-electron chi connectivity index (χ3n) is 6.08. The van der Waals surface area contributed by atoms with Gasteiger partial charge >= 0.3 is 0 Å². The topological polar surface area (TPSA) is 112 Å². The number of anilines is 3. The number of nitriles is 1. The van der Waals surface area contributed by atoms with Crippen LogP contribution in [0.25, 0.3) is 11.3 Å². The number of morpholine rings is 1. The molecule has 2 saturated heterocycles. The molecular formula is C24H25FN8O2. The Morgan fingerprint density at radius 2 is 2.03 bits per heavy atom. The molecule has 1 atom stereocenters. The Balaban J connectivity index is 1.28. The van der Waals surface area contributed by atoms with Crippen molar-refractivity contribution in [1.29, 1.82) is 5.26 Å². The number of ether oxygens (including phenoxy) is 1. The van der Waals surface area contributed by atoms with Crippen LogP contribution in [0.4, 0.5) is 22.0 Å². The zero-order valence-corrected chi connectivity index (χ0v) is 19.1. The zero-order chi connectivity index (χ0) is 24.0. The van der Waals surface area contributed by atoms with Crippen molar-refractivity contribution in [2.45, 2.75) is 19.1 Å². The van der Waals surface area contributed by atoms with Crippen LogP contribution in [0.15, 0.2) is 42.9 Å². The maximum Gasteiger partial charge on any atom is 0.227 e. The van der Waals surface area contributed by atoms with Gasteiger partial charge in [0.05, 0.1) is 42.0 Å². The molecule has 0 spiro atoms. The molecule has 0 amide bonds. The summed E-state index contributed by atoms with van der Waals surface area (Å²) in [5.41, 5.74) is 3.48. The number of rotatable bonds is 7. The average Bonchev–Trinajstić information content (AvgIpc) is 3.39. The summed E-state index contributed by atoms with van der Waals surface area (Å²) >= 11 is 0. The van der Waals surface area contributed by atoms with Crippen LogP contribution in [-0.2, 0) is 16.2 Å². The number of pyridine rings is 2. The second-order valence-electron chi connectivity index (χ2n) is 8.47. The first-order valence-corrected chi connectivity index (χ1v) is 11.5. The quantitative estimate of drug-likeness (QED) is 0.546. The molecule has 0 aliphatic carbocycles. The van der Waals surface area contributed by atoms with Gasteiger partial charge in [0.1, 0.15) is 18.0 Å². The maximum atomic E-state index is 12.5. The van der Waals surface area contributed by atoms with Gasteiger partial charge in [0.25, 0.3) is 0 Å². The maximum absolute atomic E-state index is 12.5. The first-order chi connectivity index (χ1) is 17.2. The van der Waals surface area contributed by atoms with Crippen molar-refractivity contribution in [3.8, 4) is 17.3 Å². The minimum absolute atomic E-state index is 0.359. The summed E-state index contributed by atoms with van der Waals surface area (Å²) in [5.74, 6) is 0.932. The van der Waals surface area contributed by atoms with Crippen LogP contribution >= 0.6 is 0 Å². The number of aromatic nitrogens is 4. The number of halogens is 1. The van der Waals surface area contributed by atoms with Crippen LogP contribution in [0, 0.1) is 11.3 Å². The lowest BCUT2D eigenvalue weighted by atomic mass is 10.1. The van der Waals surface area contributed by atoms with Crippen molar-refractivity contribution < 1.29 is 14.2 Å². The lowest BCUT2D eigenvalue weighted by Crippen LogP contribution is -2.35. The van der Waals surface area contributed by atoms with Gasteiger partial charge in [-0.05, 0) is 35.2 Å². The Hall–Kier alpha value is -3.72. The highest BCUT2D eigenvalue weighted by Crippen LogP contribution is 2.27. The Labute approximate surface area is 202 Å². The molecule has 10 nitrogen and oxygen atoms in total. The number of hydrogen-bond acceptors (Lipinski definition) is 10. The second-order valence-corrected chi connectivity index (χ2v) is 8.47. The monoisotopic (exact) mass is 476 g/mol. The van der Waals surface area contributed by atoms with Crippen LogP contribution in [0.5, 0.6) is 0 Å². The molecule has 1 N–H and O–H groups in total. The summed E-state index contributed by atoms with van der Waals surface area (Å²) in [6.07, 6.45) is 5.12. The van der Waals surface area contributed by atoms with Crippen LogP contribution in [0.3, 0.4) is 0 Å². The number of nitrogens with zero attached hydrogens (tertiary/aromatic N) is 7. The number of nitrogens with one attached hydrogen (secondary N) is 1. The van der Waals surface area contributed by atoms with E-state index in [1.807, 2.05) is 17.0 Å². The fraction of sp³-hybridized carbons (Fsp3) is 0.375. The van der Waals surface area contributed by atoms with Crippen molar-refractivity contribution >= 4 is 17.5 Å². The summed E-state index contributed by atoms with van der Waals surface area (Å²) < 4.78 is 17.9.